The third-order valence-corrected chi connectivity index (χ3v) is 5.17. The first-order valence-corrected chi connectivity index (χ1v) is 9.84. The highest BCUT2D eigenvalue weighted by atomic mass is 35.5. The standard InChI is InChI=1S/C22H29ClN2O2/c1-4-25(5-2)21(18-10-8-11-19(15-18)27-3)16-24-22(26)14-13-17-9-6-7-12-20(17)23/h6-12,15,21H,4-5,13-14,16H2,1-3H3,(H,24,26). The summed E-state index contributed by atoms with van der Waals surface area (Å²) in [6.45, 7) is 6.66. The summed E-state index contributed by atoms with van der Waals surface area (Å²) in [7, 11) is 1.67. The van der Waals surface area contributed by atoms with Crippen molar-refractivity contribution < 1.29 is 9.53 Å². The van der Waals surface area contributed by atoms with E-state index in [2.05, 4.69) is 30.1 Å². The lowest BCUT2D eigenvalue weighted by Crippen LogP contribution is -2.38. The first kappa shape index (κ1) is 21.3. The molecule has 0 spiro atoms. The molecule has 0 fully saturated rings. The van der Waals surface area contributed by atoms with E-state index in [-0.39, 0.29) is 11.9 Å². The van der Waals surface area contributed by atoms with Crippen LogP contribution in [-0.2, 0) is 11.2 Å². The van der Waals surface area contributed by atoms with E-state index in [1.54, 1.807) is 7.11 Å². The van der Waals surface area contributed by atoms with E-state index in [4.69, 9.17) is 16.3 Å². The van der Waals surface area contributed by atoms with Crippen molar-refractivity contribution in [3.63, 3.8) is 0 Å². The van der Waals surface area contributed by atoms with Crippen LogP contribution in [0.4, 0.5) is 0 Å². The Morgan fingerprint density at radius 1 is 1.15 bits per heavy atom. The average Bonchev–Trinajstić information content (AvgIpc) is 2.70. The molecule has 5 heteroatoms. The van der Waals surface area contributed by atoms with Gasteiger partial charge >= 0.3 is 0 Å². The topological polar surface area (TPSA) is 41.6 Å². The lowest BCUT2D eigenvalue weighted by Gasteiger charge is -2.30. The van der Waals surface area contributed by atoms with E-state index in [9.17, 15) is 4.79 Å². The van der Waals surface area contributed by atoms with Gasteiger partial charge in [-0.05, 0) is 48.8 Å². The molecule has 0 aromatic heterocycles. The number of halogens is 1. The van der Waals surface area contributed by atoms with Crippen molar-refractivity contribution in [2.24, 2.45) is 0 Å². The molecule has 0 aliphatic carbocycles. The third-order valence-electron chi connectivity index (χ3n) is 4.80. The van der Waals surface area contributed by atoms with E-state index < -0.39 is 0 Å². The minimum absolute atomic E-state index is 0.0370. The van der Waals surface area contributed by atoms with E-state index >= 15 is 0 Å². The quantitative estimate of drug-likeness (QED) is 0.652. The van der Waals surface area contributed by atoms with Gasteiger partial charge in [-0.1, -0.05) is 55.8 Å². The van der Waals surface area contributed by atoms with Gasteiger partial charge in [-0.2, -0.15) is 0 Å². The number of benzene rings is 2. The van der Waals surface area contributed by atoms with E-state index in [1.165, 1.54) is 0 Å². The number of carbonyl (C=O) groups is 1. The van der Waals surface area contributed by atoms with Crippen LogP contribution in [0.5, 0.6) is 5.75 Å². The zero-order valence-corrected chi connectivity index (χ0v) is 17.1. The number of hydrogen-bond donors (Lipinski definition) is 1. The molecule has 0 bridgehead atoms. The van der Waals surface area contributed by atoms with Crippen LogP contribution in [-0.4, -0.2) is 37.6 Å². The number of hydrogen-bond acceptors (Lipinski definition) is 3. The van der Waals surface area contributed by atoms with Crippen molar-refractivity contribution in [3.05, 3.63) is 64.7 Å². The minimum Gasteiger partial charge on any atom is -0.497 e. The van der Waals surface area contributed by atoms with Crippen molar-refractivity contribution in [3.8, 4) is 5.75 Å². The molecule has 2 aromatic carbocycles. The number of nitrogens with one attached hydrogen (secondary N) is 1. The Kier molecular flexibility index (Phi) is 8.62. The summed E-state index contributed by atoms with van der Waals surface area (Å²) in [5, 5.41) is 3.80. The number of nitrogens with zero attached hydrogens (tertiary/aromatic N) is 1. The van der Waals surface area contributed by atoms with Gasteiger partial charge in [-0.15, -0.1) is 0 Å². The summed E-state index contributed by atoms with van der Waals surface area (Å²) in [5.41, 5.74) is 2.15. The number of amides is 1. The lowest BCUT2D eigenvalue weighted by atomic mass is 10.0. The van der Waals surface area contributed by atoms with E-state index in [0.29, 0.717) is 24.4 Å². The van der Waals surface area contributed by atoms with Crippen molar-refractivity contribution >= 4 is 17.5 Å². The first-order chi connectivity index (χ1) is 13.1. The molecule has 146 valence electrons. The highest BCUT2D eigenvalue weighted by Crippen LogP contribution is 2.24. The smallest absolute Gasteiger partial charge is 0.220 e. The Labute approximate surface area is 167 Å². The number of ether oxygens (including phenoxy) is 1. The Morgan fingerprint density at radius 3 is 2.56 bits per heavy atom. The largest absolute Gasteiger partial charge is 0.497 e. The number of aryl methyl sites for hydroxylation is 1. The van der Waals surface area contributed by atoms with Gasteiger partial charge in [-0.3, -0.25) is 9.69 Å². The third kappa shape index (κ3) is 6.26. The molecule has 2 aromatic rings. The van der Waals surface area contributed by atoms with Gasteiger partial charge in [0.05, 0.1) is 13.2 Å². The molecule has 0 heterocycles. The zero-order valence-electron chi connectivity index (χ0n) is 16.4. The van der Waals surface area contributed by atoms with Gasteiger partial charge in [0.15, 0.2) is 0 Å². The van der Waals surface area contributed by atoms with Gasteiger partial charge in [0.2, 0.25) is 5.91 Å². The van der Waals surface area contributed by atoms with Crippen LogP contribution in [0.1, 0.15) is 37.4 Å². The first-order valence-electron chi connectivity index (χ1n) is 9.47. The van der Waals surface area contributed by atoms with E-state index in [0.717, 1.165) is 30.0 Å². The molecule has 0 saturated carbocycles. The van der Waals surface area contributed by atoms with Crippen LogP contribution in [0.15, 0.2) is 48.5 Å². The van der Waals surface area contributed by atoms with Gasteiger partial charge in [-0.25, -0.2) is 0 Å². The molecular weight excluding hydrogens is 360 g/mol. The van der Waals surface area contributed by atoms with Crippen molar-refractivity contribution in [2.75, 3.05) is 26.7 Å². The molecule has 1 unspecified atom stereocenters. The van der Waals surface area contributed by atoms with Crippen LogP contribution in [0, 0.1) is 0 Å². The Hall–Kier alpha value is -2.04. The fraction of sp³-hybridized carbons (Fsp3) is 0.409. The Morgan fingerprint density at radius 2 is 1.89 bits per heavy atom. The van der Waals surface area contributed by atoms with Crippen LogP contribution >= 0.6 is 11.6 Å². The van der Waals surface area contributed by atoms with Crippen molar-refractivity contribution in [2.45, 2.75) is 32.7 Å². The van der Waals surface area contributed by atoms with Crippen molar-refractivity contribution in [1.29, 1.82) is 0 Å². The highest BCUT2D eigenvalue weighted by Gasteiger charge is 2.19. The second kappa shape index (κ2) is 11.0. The molecule has 0 aliphatic rings. The molecule has 2 rings (SSSR count). The van der Waals surface area contributed by atoms with Crippen LogP contribution in [0.2, 0.25) is 5.02 Å². The SMILES string of the molecule is CCN(CC)C(CNC(=O)CCc1ccccc1Cl)c1cccc(OC)c1. The average molecular weight is 389 g/mol. The summed E-state index contributed by atoms with van der Waals surface area (Å²) in [6.07, 6.45) is 1.06. The van der Waals surface area contributed by atoms with E-state index in [1.807, 2.05) is 42.5 Å². The maximum absolute atomic E-state index is 12.4. The number of rotatable bonds is 10. The number of methoxy groups -OCH3 is 1. The maximum Gasteiger partial charge on any atom is 0.220 e. The molecule has 0 radical (unpaired) electrons. The predicted molar refractivity (Wildman–Crippen MR) is 111 cm³/mol. The maximum atomic E-state index is 12.4. The summed E-state index contributed by atoms with van der Waals surface area (Å²) >= 11 is 6.17. The zero-order chi connectivity index (χ0) is 19.6. The summed E-state index contributed by atoms with van der Waals surface area (Å²) in [4.78, 5) is 14.7. The second-order valence-corrected chi connectivity index (χ2v) is 6.82. The molecule has 0 aliphatic heterocycles. The lowest BCUT2D eigenvalue weighted by molar-refractivity contribution is -0.121. The summed E-state index contributed by atoms with van der Waals surface area (Å²) in [5.74, 6) is 0.865. The normalized spacial score (nSPS) is 12.0. The minimum atomic E-state index is 0.0370. The fourth-order valence-corrected chi connectivity index (χ4v) is 3.45. The molecule has 1 N–H and O–H groups in total. The van der Waals surface area contributed by atoms with Gasteiger partial charge in [0, 0.05) is 18.0 Å². The molecule has 0 saturated heterocycles. The molecule has 27 heavy (non-hydrogen) atoms. The van der Waals surface area contributed by atoms with Gasteiger partial charge < -0.3 is 10.1 Å². The van der Waals surface area contributed by atoms with Gasteiger partial charge in [0.1, 0.15) is 5.75 Å². The van der Waals surface area contributed by atoms with Crippen LogP contribution in [0.3, 0.4) is 0 Å². The monoisotopic (exact) mass is 388 g/mol. The summed E-state index contributed by atoms with van der Waals surface area (Å²) in [6, 6.07) is 15.8. The predicted octanol–water partition coefficient (Wildman–Crippen LogP) is 4.48. The molecular formula is C22H29ClN2O2. The van der Waals surface area contributed by atoms with Crippen LogP contribution in [0.25, 0.3) is 0 Å². The summed E-state index contributed by atoms with van der Waals surface area (Å²) < 4.78 is 5.36. The molecule has 1 atom stereocenters. The van der Waals surface area contributed by atoms with Crippen molar-refractivity contribution in [1.82, 2.24) is 10.2 Å². The molecule has 1 amide bonds. The van der Waals surface area contributed by atoms with Crippen LogP contribution < -0.4 is 10.1 Å². The fourth-order valence-electron chi connectivity index (χ4n) is 3.22. The molecule has 4 nitrogen and oxygen atoms in total. The number of carbonyl (C=O) groups excluding carboxylic acids is 1. The Balaban J connectivity index is 2.00. The second-order valence-electron chi connectivity index (χ2n) is 6.41. The number of likely N-dealkylation sites (N-methyl/N-ethyl adjacent to an activating group) is 1. The Bertz CT molecular complexity index is 732. The highest BCUT2D eigenvalue weighted by molar-refractivity contribution is 6.31. The van der Waals surface area contributed by atoms with Gasteiger partial charge in [0.25, 0.3) is 0 Å².